The summed E-state index contributed by atoms with van der Waals surface area (Å²) < 4.78 is 32.5. The zero-order valence-electron chi connectivity index (χ0n) is 16.7. The van der Waals surface area contributed by atoms with Gasteiger partial charge in [0.25, 0.3) is 5.56 Å². The molecule has 0 aliphatic rings. The molecule has 0 bridgehead atoms. The largest absolute Gasteiger partial charge is 0.496 e. The molecule has 0 atom stereocenters. The van der Waals surface area contributed by atoms with E-state index in [1.54, 1.807) is 39.3 Å². The van der Waals surface area contributed by atoms with E-state index in [1.165, 1.54) is 0 Å². The molecule has 1 aromatic carbocycles. The smallest absolute Gasteiger partial charge is 0.255 e. The summed E-state index contributed by atoms with van der Waals surface area (Å²) in [6, 6.07) is 7.21. The first-order chi connectivity index (χ1) is 12.5. The van der Waals surface area contributed by atoms with Crippen LogP contribution in [0.5, 0.6) is 5.75 Å². The number of benzene rings is 1. The van der Waals surface area contributed by atoms with E-state index in [9.17, 15) is 13.2 Å². The number of hydrogen-bond donors (Lipinski definition) is 2. The Balaban J connectivity index is 2.67. The third-order valence-electron chi connectivity index (χ3n) is 4.43. The highest BCUT2D eigenvalue weighted by atomic mass is 32.2. The SMILES string of the molecule is COc1cc(CNS(=O)(=O)C(C)C)c(-c2ccc[nH]c2=O)cc1C(C)(C)C. The standard InChI is InChI=1S/C20H28N2O4S/c1-13(2)27(24,25)22-12-14-10-18(26-6)17(20(3,4)5)11-16(14)15-8-7-9-21-19(15)23/h7-11,13,22H,12H2,1-6H3,(H,21,23). The molecule has 0 amide bonds. The van der Waals surface area contributed by atoms with E-state index in [2.05, 4.69) is 30.5 Å². The molecule has 1 heterocycles. The number of hydrogen-bond acceptors (Lipinski definition) is 4. The third kappa shape index (κ3) is 4.78. The van der Waals surface area contributed by atoms with Crippen LogP contribution in [0.15, 0.2) is 35.3 Å². The summed E-state index contributed by atoms with van der Waals surface area (Å²) in [5.74, 6) is 0.664. The maximum atomic E-state index is 12.4. The predicted octanol–water partition coefficient (Wildman–Crippen LogP) is 3.18. The fraction of sp³-hybridized carbons (Fsp3) is 0.450. The number of aromatic nitrogens is 1. The van der Waals surface area contributed by atoms with Crippen molar-refractivity contribution in [2.24, 2.45) is 0 Å². The quantitative estimate of drug-likeness (QED) is 0.790. The van der Waals surface area contributed by atoms with Crippen molar-refractivity contribution < 1.29 is 13.2 Å². The normalized spacial score (nSPS) is 12.4. The van der Waals surface area contributed by atoms with Crippen LogP contribution in [0.1, 0.15) is 45.7 Å². The fourth-order valence-electron chi connectivity index (χ4n) is 2.75. The van der Waals surface area contributed by atoms with Gasteiger partial charge in [0, 0.05) is 23.9 Å². The summed E-state index contributed by atoms with van der Waals surface area (Å²) in [5.41, 5.74) is 2.37. The zero-order chi connectivity index (χ0) is 20.4. The van der Waals surface area contributed by atoms with E-state index in [0.29, 0.717) is 22.4 Å². The van der Waals surface area contributed by atoms with Crippen molar-refractivity contribution in [3.63, 3.8) is 0 Å². The number of ether oxygens (including phenoxy) is 1. The first-order valence-electron chi connectivity index (χ1n) is 8.85. The van der Waals surface area contributed by atoms with E-state index in [1.807, 2.05) is 12.1 Å². The Kier molecular flexibility index (Phi) is 6.17. The summed E-state index contributed by atoms with van der Waals surface area (Å²) in [6.45, 7) is 9.49. The molecule has 0 saturated carbocycles. The Morgan fingerprint density at radius 2 is 1.85 bits per heavy atom. The molecule has 148 valence electrons. The van der Waals surface area contributed by atoms with Gasteiger partial charge in [-0.15, -0.1) is 0 Å². The van der Waals surface area contributed by atoms with E-state index in [0.717, 1.165) is 5.56 Å². The Labute approximate surface area is 161 Å². The molecule has 0 spiro atoms. The Bertz CT molecular complexity index is 970. The van der Waals surface area contributed by atoms with Gasteiger partial charge in [-0.25, -0.2) is 13.1 Å². The van der Waals surface area contributed by atoms with Crippen molar-refractivity contribution in [1.82, 2.24) is 9.71 Å². The number of pyridine rings is 1. The lowest BCUT2D eigenvalue weighted by atomic mass is 9.83. The lowest BCUT2D eigenvalue weighted by molar-refractivity contribution is 0.397. The van der Waals surface area contributed by atoms with Gasteiger partial charge in [-0.1, -0.05) is 20.8 Å². The molecular formula is C20H28N2O4S. The van der Waals surface area contributed by atoms with Crippen molar-refractivity contribution in [3.8, 4) is 16.9 Å². The Morgan fingerprint density at radius 1 is 1.19 bits per heavy atom. The summed E-state index contributed by atoms with van der Waals surface area (Å²) in [4.78, 5) is 15.0. The number of methoxy groups -OCH3 is 1. The van der Waals surface area contributed by atoms with Gasteiger partial charge in [-0.3, -0.25) is 4.79 Å². The van der Waals surface area contributed by atoms with Crippen LogP contribution in [0.3, 0.4) is 0 Å². The maximum absolute atomic E-state index is 12.4. The average molecular weight is 393 g/mol. The lowest BCUT2D eigenvalue weighted by Crippen LogP contribution is -2.30. The molecule has 0 unspecified atom stereocenters. The van der Waals surface area contributed by atoms with E-state index in [-0.39, 0.29) is 17.5 Å². The minimum Gasteiger partial charge on any atom is -0.496 e. The van der Waals surface area contributed by atoms with Gasteiger partial charge >= 0.3 is 0 Å². The molecule has 0 aliphatic carbocycles. The lowest BCUT2D eigenvalue weighted by Gasteiger charge is -2.25. The van der Waals surface area contributed by atoms with Gasteiger partial charge < -0.3 is 9.72 Å². The minimum absolute atomic E-state index is 0.0744. The molecule has 0 aliphatic heterocycles. The monoisotopic (exact) mass is 392 g/mol. The topological polar surface area (TPSA) is 88.3 Å². The molecule has 0 fully saturated rings. The first-order valence-corrected chi connectivity index (χ1v) is 10.4. The molecule has 2 N–H and O–H groups in total. The molecular weight excluding hydrogens is 364 g/mol. The second-order valence-corrected chi connectivity index (χ2v) is 10.1. The van der Waals surface area contributed by atoms with Gasteiger partial charge in [0.2, 0.25) is 10.0 Å². The van der Waals surface area contributed by atoms with Crippen LogP contribution < -0.4 is 15.0 Å². The molecule has 2 rings (SSSR count). The van der Waals surface area contributed by atoms with Crippen LogP contribution in [0, 0.1) is 0 Å². The summed E-state index contributed by atoms with van der Waals surface area (Å²) in [6.07, 6.45) is 1.57. The Hall–Kier alpha value is -2.12. The first kappa shape index (κ1) is 21.2. The van der Waals surface area contributed by atoms with Crippen LogP contribution in [-0.2, 0) is 22.0 Å². The number of H-pyrrole nitrogens is 1. The molecule has 1 aromatic heterocycles. The number of nitrogens with one attached hydrogen (secondary N) is 2. The highest BCUT2D eigenvalue weighted by Gasteiger charge is 2.23. The van der Waals surface area contributed by atoms with Crippen LogP contribution in [0.4, 0.5) is 0 Å². The minimum atomic E-state index is -3.44. The highest BCUT2D eigenvalue weighted by molar-refractivity contribution is 7.90. The van der Waals surface area contributed by atoms with Gasteiger partial charge in [0.05, 0.1) is 12.4 Å². The zero-order valence-corrected chi connectivity index (χ0v) is 17.5. The molecule has 27 heavy (non-hydrogen) atoms. The second-order valence-electron chi connectivity index (χ2n) is 7.79. The van der Waals surface area contributed by atoms with E-state index >= 15 is 0 Å². The average Bonchev–Trinajstić information content (AvgIpc) is 2.59. The number of rotatable bonds is 6. The molecule has 0 saturated heterocycles. The highest BCUT2D eigenvalue weighted by Crippen LogP contribution is 2.36. The molecule has 2 aromatic rings. The van der Waals surface area contributed by atoms with Crippen molar-refractivity contribution in [2.45, 2.75) is 51.8 Å². The van der Waals surface area contributed by atoms with Crippen molar-refractivity contribution in [1.29, 1.82) is 0 Å². The molecule has 6 nitrogen and oxygen atoms in total. The van der Waals surface area contributed by atoms with E-state index < -0.39 is 15.3 Å². The van der Waals surface area contributed by atoms with Gasteiger partial charge in [-0.2, -0.15) is 0 Å². The van der Waals surface area contributed by atoms with Crippen LogP contribution in [-0.4, -0.2) is 25.8 Å². The third-order valence-corrected chi connectivity index (χ3v) is 6.21. The summed E-state index contributed by atoms with van der Waals surface area (Å²) >= 11 is 0. The number of aromatic amines is 1. The van der Waals surface area contributed by atoms with Gasteiger partial charge in [0.1, 0.15) is 5.75 Å². The predicted molar refractivity (Wildman–Crippen MR) is 109 cm³/mol. The summed E-state index contributed by atoms with van der Waals surface area (Å²) in [7, 11) is -1.86. The molecule has 7 heteroatoms. The summed E-state index contributed by atoms with van der Waals surface area (Å²) in [5, 5.41) is -0.545. The molecule has 0 radical (unpaired) electrons. The van der Waals surface area contributed by atoms with Crippen molar-refractivity contribution in [2.75, 3.05) is 7.11 Å². The second kappa shape index (κ2) is 7.86. The van der Waals surface area contributed by atoms with Crippen LogP contribution >= 0.6 is 0 Å². The van der Waals surface area contributed by atoms with E-state index in [4.69, 9.17) is 4.74 Å². The fourth-order valence-corrected chi connectivity index (χ4v) is 3.44. The number of sulfonamides is 1. The van der Waals surface area contributed by atoms with Crippen molar-refractivity contribution in [3.05, 3.63) is 51.9 Å². The van der Waals surface area contributed by atoms with Gasteiger partial charge in [0.15, 0.2) is 0 Å². The van der Waals surface area contributed by atoms with Gasteiger partial charge in [-0.05, 0) is 54.7 Å². The Morgan fingerprint density at radius 3 is 2.37 bits per heavy atom. The van der Waals surface area contributed by atoms with Crippen LogP contribution in [0.2, 0.25) is 0 Å². The van der Waals surface area contributed by atoms with Crippen LogP contribution in [0.25, 0.3) is 11.1 Å². The van der Waals surface area contributed by atoms with Crippen molar-refractivity contribution >= 4 is 10.0 Å². The maximum Gasteiger partial charge on any atom is 0.255 e.